The predicted molar refractivity (Wildman–Crippen MR) is 78.4 cm³/mol. The van der Waals surface area contributed by atoms with Crippen LogP contribution in [0.25, 0.3) is 0 Å². The second-order valence-corrected chi connectivity index (χ2v) is 5.30. The molecule has 5 nitrogen and oxygen atoms in total. The Morgan fingerprint density at radius 2 is 2.00 bits per heavy atom. The van der Waals surface area contributed by atoms with Gasteiger partial charge in [0.1, 0.15) is 6.54 Å². The third-order valence-corrected chi connectivity index (χ3v) is 3.16. The highest BCUT2D eigenvalue weighted by molar-refractivity contribution is 14.1. The summed E-state index contributed by atoms with van der Waals surface area (Å²) in [5.74, 6) is -1.28. The molecule has 9 heteroatoms. The summed E-state index contributed by atoms with van der Waals surface area (Å²) in [4.78, 5) is 23.4. The molecule has 1 aromatic carbocycles. The number of nitrogens with zero attached hydrogens (tertiary/aromatic N) is 1. The van der Waals surface area contributed by atoms with Crippen LogP contribution in [0.5, 0.6) is 0 Å². The standard InChI is InChI=1S/C12H12F3IN2O3/c1-2-18(6-12(13,14)15)11(21)17-9-4-3-7(16)5-8(9)10(19)20/h3-5H,2,6H2,1H3,(H,17,21)(H,19,20). The molecular weight excluding hydrogens is 404 g/mol. The van der Waals surface area contributed by atoms with Gasteiger partial charge >= 0.3 is 18.2 Å². The third kappa shape index (κ3) is 5.40. The van der Waals surface area contributed by atoms with Crippen molar-refractivity contribution < 1.29 is 27.9 Å². The van der Waals surface area contributed by atoms with Gasteiger partial charge in [0.15, 0.2) is 0 Å². The molecule has 21 heavy (non-hydrogen) atoms. The van der Waals surface area contributed by atoms with Gasteiger partial charge in [0, 0.05) is 10.1 Å². The minimum atomic E-state index is -4.52. The van der Waals surface area contributed by atoms with Crippen molar-refractivity contribution in [1.29, 1.82) is 0 Å². The number of carboxylic acid groups (broad SMARTS) is 1. The Hall–Kier alpha value is -1.52. The Morgan fingerprint density at radius 3 is 2.48 bits per heavy atom. The fourth-order valence-electron chi connectivity index (χ4n) is 1.54. The van der Waals surface area contributed by atoms with E-state index in [4.69, 9.17) is 5.11 Å². The zero-order valence-corrected chi connectivity index (χ0v) is 13.0. The lowest BCUT2D eigenvalue weighted by Gasteiger charge is -2.23. The van der Waals surface area contributed by atoms with Gasteiger partial charge in [-0.15, -0.1) is 0 Å². The van der Waals surface area contributed by atoms with E-state index in [-0.39, 0.29) is 17.8 Å². The van der Waals surface area contributed by atoms with Gasteiger partial charge in [-0.2, -0.15) is 13.2 Å². The van der Waals surface area contributed by atoms with Crippen molar-refractivity contribution in [2.45, 2.75) is 13.1 Å². The predicted octanol–water partition coefficient (Wildman–Crippen LogP) is 3.41. The summed E-state index contributed by atoms with van der Waals surface area (Å²) in [6.07, 6.45) is -4.52. The Kier molecular flexibility index (Phi) is 5.81. The van der Waals surface area contributed by atoms with Crippen molar-refractivity contribution in [1.82, 2.24) is 4.90 Å². The van der Waals surface area contributed by atoms with E-state index >= 15 is 0 Å². The summed E-state index contributed by atoms with van der Waals surface area (Å²) in [5, 5.41) is 11.2. The Morgan fingerprint density at radius 1 is 1.38 bits per heavy atom. The van der Waals surface area contributed by atoms with Crippen LogP contribution >= 0.6 is 22.6 Å². The first kappa shape index (κ1) is 17.5. The van der Waals surface area contributed by atoms with Crippen LogP contribution in [-0.2, 0) is 0 Å². The Labute approximate surface area is 132 Å². The molecular formula is C12H12F3IN2O3. The summed E-state index contributed by atoms with van der Waals surface area (Å²) in [6.45, 7) is -0.155. The van der Waals surface area contributed by atoms with E-state index < -0.39 is 24.7 Å². The first-order valence-corrected chi connectivity index (χ1v) is 6.87. The summed E-state index contributed by atoms with van der Waals surface area (Å²) in [5.41, 5.74) is -0.230. The number of carboxylic acids is 1. The van der Waals surface area contributed by atoms with Crippen LogP contribution in [0, 0.1) is 3.57 Å². The summed E-state index contributed by atoms with van der Waals surface area (Å²) in [6, 6.07) is 3.20. The van der Waals surface area contributed by atoms with E-state index in [9.17, 15) is 22.8 Å². The van der Waals surface area contributed by atoms with Crippen LogP contribution in [0.3, 0.4) is 0 Å². The van der Waals surface area contributed by atoms with Gasteiger partial charge in [0.05, 0.1) is 11.3 Å². The lowest BCUT2D eigenvalue weighted by atomic mass is 10.2. The maximum Gasteiger partial charge on any atom is 0.406 e. The third-order valence-electron chi connectivity index (χ3n) is 2.49. The van der Waals surface area contributed by atoms with Gasteiger partial charge in [0.2, 0.25) is 0 Å². The minimum absolute atomic E-state index is 0.0476. The highest BCUT2D eigenvalue weighted by Crippen LogP contribution is 2.21. The molecule has 0 spiro atoms. The van der Waals surface area contributed by atoms with E-state index in [1.54, 1.807) is 6.07 Å². The lowest BCUT2D eigenvalue weighted by molar-refractivity contribution is -0.139. The van der Waals surface area contributed by atoms with Crippen LogP contribution in [0.4, 0.5) is 23.7 Å². The Bertz CT molecular complexity index is 549. The number of rotatable bonds is 4. The fourth-order valence-corrected chi connectivity index (χ4v) is 2.03. The molecule has 0 fully saturated rings. The minimum Gasteiger partial charge on any atom is -0.478 e. The first-order chi connectivity index (χ1) is 9.64. The van der Waals surface area contributed by atoms with Crippen molar-refractivity contribution in [3.63, 3.8) is 0 Å². The number of hydrogen-bond donors (Lipinski definition) is 2. The fraction of sp³-hybridized carbons (Fsp3) is 0.333. The maximum atomic E-state index is 12.3. The molecule has 116 valence electrons. The molecule has 0 aliphatic heterocycles. The molecule has 0 unspecified atom stereocenters. The van der Waals surface area contributed by atoms with Gasteiger partial charge in [-0.05, 0) is 47.7 Å². The van der Waals surface area contributed by atoms with Crippen LogP contribution in [0.1, 0.15) is 17.3 Å². The number of alkyl halides is 3. The monoisotopic (exact) mass is 416 g/mol. The highest BCUT2D eigenvalue weighted by Gasteiger charge is 2.32. The van der Waals surface area contributed by atoms with E-state index in [0.717, 1.165) is 0 Å². The highest BCUT2D eigenvalue weighted by atomic mass is 127. The van der Waals surface area contributed by atoms with Crippen molar-refractivity contribution in [3.8, 4) is 0 Å². The number of benzene rings is 1. The van der Waals surface area contributed by atoms with Crippen LogP contribution in [0.15, 0.2) is 18.2 Å². The molecule has 0 aliphatic carbocycles. The quantitative estimate of drug-likeness (QED) is 0.740. The molecule has 1 rings (SSSR count). The largest absolute Gasteiger partial charge is 0.478 e. The van der Waals surface area contributed by atoms with Crippen molar-refractivity contribution >= 4 is 40.3 Å². The van der Waals surface area contributed by atoms with Gasteiger partial charge in [-0.3, -0.25) is 0 Å². The molecule has 0 atom stereocenters. The molecule has 1 aromatic rings. The average Bonchev–Trinajstić information content (AvgIpc) is 2.36. The number of urea groups is 1. The summed E-state index contributed by atoms with van der Waals surface area (Å²) < 4.78 is 37.6. The van der Waals surface area contributed by atoms with Gasteiger partial charge in [-0.1, -0.05) is 0 Å². The average molecular weight is 416 g/mol. The summed E-state index contributed by atoms with van der Waals surface area (Å²) in [7, 11) is 0. The van der Waals surface area contributed by atoms with Crippen LogP contribution in [-0.4, -0.2) is 41.3 Å². The molecule has 0 saturated carbocycles. The van der Waals surface area contributed by atoms with Crippen LogP contribution < -0.4 is 5.32 Å². The van der Waals surface area contributed by atoms with E-state index in [0.29, 0.717) is 8.47 Å². The number of amides is 2. The molecule has 2 amide bonds. The number of nitrogens with one attached hydrogen (secondary N) is 1. The topological polar surface area (TPSA) is 69.6 Å². The second kappa shape index (κ2) is 6.96. The number of carbonyl (C=O) groups is 2. The molecule has 0 bridgehead atoms. The molecule has 0 aromatic heterocycles. The molecule has 0 saturated heterocycles. The smallest absolute Gasteiger partial charge is 0.406 e. The van der Waals surface area contributed by atoms with Crippen molar-refractivity contribution in [3.05, 3.63) is 27.3 Å². The molecule has 2 N–H and O–H groups in total. The SMILES string of the molecule is CCN(CC(F)(F)F)C(=O)Nc1ccc(I)cc1C(=O)O. The molecule has 0 heterocycles. The number of carbonyl (C=O) groups excluding carboxylic acids is 1. The van der Waals surface area contributed by atoms with Gasteiger partial charge in [0.25, 0.3) is 0 Å². The number of halogens is 4. The molecule has 0 aliphatic rings. The number of aromatic carboxylic acids is 1. The maximum absolute atomic E-state index is 12.3. The van der Waals surface area contributed by atoms with E-state index in [1.165, 1.54) is 19.1 Å². The van der Waals surface area contributed by atoms with E-state index in [1.807, 2.05) is 22.6 Å². The Balaban J connectivity index is 2.94. The zero-order chi connectivity index (χ0) is 16.2. The van der Waals surface area contributed by atoms with Gasteiger partial charge < -0.3 is 15.3 Å². The summed E-state index contributed by atoms with van der Waals surface area (Å²) >= 11 is 1.89. The van der Waals surface area contributed by atoms with Crippen molar-refractivity contribution in [2.24, 2.45) is 0 Å². The van der Waals surface area contributed by atoms with Gasteiger partial charge in [-0.25, -0.2) is 9.59 Å². The first-order valence-electron chi connectivity index (χ1n) is 5.79. The molecule has 0 radical (unpaired) electrons. The van der Waals surface area contributed by atoms with Crippen LogP contribution in [0.2, 0.25) is 0 Å². The second-order valence-electron chi connectivity index (χ2n) is 4.05. The van der Waals surface area contributed by atoms with E-state index in [2.05, 4.69) is 5.32 Å². The normalized spacial score (nSPS) is 11.1. The zero-order valence-electron chi connectivity index (χ0n) is 10.9. The lowest BCUT2D eigenvalue weighted by Crippen LogP contribution is -2.41. The number of hydrogen-bond acceptors (Lipinski definition) is 2. The van der Waals surface area contributed by atoms with Crippen molar-refractivity contribution in [2.75, 3.05) is 18.4 Å². The number of anilines is 1.